The van der Waals surface area contributed by atoms with Crippen LogP contribution in [0.15, 0.2) is 29.7 Å². The minimum atomic E-state index is -1.31. The minimum Gasteiger partial charge on any atom is -0.477 e. The molecule has 0 saturated carbocycles. The molecule has 0 amide bonds. The van der Waals surface area contributed by atoms with E-state index in [2.05, 4.69) is 10.2 Å². The summed E-state index contributed by atoms with van der Waals surface area (Å²) < 4.78 is 1.68. The van der Waals surface area contributed by atoms with E-state index >= 15 is 0 Å². The molecule has 0 atom stereocenters. The lowest BCUT2D eigenvalue weighted by atomic mass is 10.1. The predicted molar refractivity (Wildman–Crippen MR) is 70.6 cm³/mol. The Labute approximate surface area is 117 Å². The van der Waals surface area contributed by atoms with Crippen molar-refractivity contribution in [1.29, 1.82) is 0 Å². The van der Waals surface area contributed by atoms with Crippen molar-refractivity contribution in [2.75, 3.05) is 0 Å². The lowest BCUT2D eigenvalue weighted by Crippen LogP contribution is -2.06. The van der Waals surface area contributed by atoms with Gasteiger partial charge in [0.2, 0.25) is 0 Å². The molecule has 20 heavy (non-hydrogen) atoms. The fourth-order valence-electron chi connectivity index (χ4n) is 1.65. The molecule has 1 aromatic heterocycles. The van der Waals surface area contributed by atoms with Crippen LogP contribution in [0.25, 0.3) is 0 Å². The van der Waals surface area contributed by atoms with Gasteiger partial charge in [0.1, 0.15) is 11.9 Å². The molecule has 9 heteroatoms. The molecular weight excluding hydrogens is 284 g/mol. The van der Waals surface area contributed by atoms with Crippen molar-refractivity contribution in [2.24, 2.45) is 7.05 Å². The van der Waals surface area contributed by atoms with Crippen LogP contribution >= 0.6 is 11.8 Å². The summed E-state index contributed by atoms with van der Waals surface area (Å²) in [5, 5.41) is 28.2. The van der Waals surface area contributed by atoms with E-state index < -0.39 is 16.6 Å². The maximum atomic E-state index is 11.2. The van der Waals surface area contributed by atoms with E-state index in [4.69, 9.17) is 5.11 Å². The van der Waals surface area contributed by atoms with Gasteiger partial charge in [-0.25, -0.2) is 4.79 Å². The van der Waals surface area contributed by atoms with Gasteiger partial charge in [0.25, 0.3) is 5.69 Å². The van der Waals surface area contributed by atoms with Crippen molar-refractivity contribution in [3.8, 4) is 0 Å². The fourth-order valence-corrected chi connectivity index (χ4v) is 2.53. The van der Waals surface area contributed by atoms with Crippen LogP contribution < -0.4 is 0 Å². The van der Waals surface area contributed by atoms with Gasteiger partial charge < -0.3 is 9.67 Å². The Balaban J connectivity index is 2.32. The third kappa shape index (κ3) is 2.77. The SMILES string of the molecule is Cn1cnnc1SCc1cccc([N+](=O)[O-])c1C(=O)O. The summed E-state index contributed by atoms with van der Waals surface area (Å²) in [6.45, 7) is 0. The summed E-state index contributed by atoms with van der Waals surface area (Å²) in [5.41, 5.74) is -0.319. The van der Waals surface area contributed by atoms with Crippen LogP contribution in [-0.2, 0) is 12.8 Å². The zero-order chi connectivity index (χ0) is 14.7. The second kappa shape index (κ2) is 5.70. The first-order valence-electron chi connectivity index (χ1n) is 5.47. The number of carboxylic acids is 1. The van der Waals surface area contributed by atoms with Crippen LogP contribution in [0.5, 0.6) is 0 Å². The molecule has 104 valence electrons. The average Bonchev–Trinajstić information content (AvgIpc) is 2.81. The summed E-state index contributed by atoms with van der Waals surface area (Å²) in [6, 6.07) is 4.21. The Morgan fingerprint density at radius 2 is 2.30 bits per heavy atom. The number of nitro groups is 1. The first-order valence-corrected chi connectivity index (χ1v) is 6.45. The largest absolute Gasteiger partial charge is 0.477 e. The van der Waals surface area contributed by atoms with Gasteiger partial charge in [-0.2, -0.15) is 0 Å². The number of thioether (sulfide) groups is 1. The van der Waals surface area contributed by atoms with Crippen molar-refractivity contribution < 1.29 is 14.8 Å². The minimum absolute atomic E-state index is 0.260. The number of nitrogens with zero attached hydrogens (tertiary/aromatic N) is 4. The van der Waals surface area contributed by atoms with Gasteiger partial charge in [-0.1, -0.05) is 23.9 Å². The van der Waals surface area contributed by atoms with Crippen LogP contribution in [0.1, 0.15) is 15.9 Å². The topological polar surface area (TPSA) is 111 Å². The van der Waals surface area contributed by atoms with E-state index in [1.165, 1.54) is 30.2 Å². The number of carbonyl (C=O) groups is 1. The van der Waals surface area contributed by atoms with Gasteiger partial charge >= 0.3 is 5.97 Å². The standard InChI is InChI=1S/C11H10N4O4S/c1-14-6-12-13-11(14)20-5-7-3-2-4-8(15(18)19)9(7)10(16)17/h2-4,6H,5H2,1H3,(H,16,17). The lowest BCUT2D eigenvalue weighted by molar-refractivity contribution is -0.385. The monoisotopic (exact) mass is 294 g/mol. The van der Waals surface area contributed by atoms with Crippen molar-refractivity contribution in [1.82, 2.24) is 14.8 Å². The van der Waals surface area contributed by atoms with E-state index in [1.807, 2.05) is 0 Å². The summed E-state index contributed by atoms with van der Waals surface area (Å²) >= 11 is 1.26. The highest BCUT2D eigenvalue weighted by atomic mass is 32.2. The molecule has 0 saturated heterocycles. The van der Waals surface area contributed by atoms with E-state index in [0.717, 1.165) is 0 Å². The van der Waals surface area contributed by atoms with E-state index in [1.54, 1.807) is 17.7 Å². The molecule has 1 aromatic carbocycles. The number of rotatable bonds is 5. The summed E-state index contributed by atoms with van der Waals surface area (Å²) in [7, 11) is 1.76. The Morgan fingerprint density at radius 1 is 1.55 bits per heavy atom. The molecule has 8 nitrogen and oxygen atoms in total. The molecule has 0 aliphatic heterocycles. The molecule has 2 rings (SSSR count). The smallest absolute Gasteiger partial charge is 0.343 e. The van der Waals surface area contributed by atoms with Crippen LogP contribution in [0.2, 0.25) is 0 Å². The number of aromatic nitrogens is 3. The fraction of sp³-hybridized carbons (Fsp3) is 0.182. The van der Waals surface area contributed by atoms with Crippen LogP contribution in [0.4, 0.5) is 5.69 Å². The number of benzene rings is 1. The van der Waals surface area contributed by atoms with Crippen LogP contribution in [0.3, 0.4) is 0 Å². The molecule has 0 unspecified atom stereocenters. The zero-order valence-electron chi connectivity index (χ0n) is 10.4. The van der Waals surface area contributed by atoms with Crippen molar-refractivity contribution >= 4 is 23.4 Å². The number of aryl methyl sites for hydroxylation is 1. The van der Waals surface area contributed by atoms with Gasteiger partial charge in [0, 0.05) is 18.9 Å². The van der Waals surface area contributed by atoms with Crippen molar-refractivity contribution in [3.05, 3.63) is 45.8 Å². The highest BCUT2D eigenvalue weighted by Gasteiger charge is 2.23. The quantitative estimate of drug-likeness (QED) is 0.507. The molecule has 2 aromatic rings. The molecule has 0 aliphatic carbocycles. The average molecular weight is 294 g/mol. The highest BCUT2D eigenvalue weighted by Crippen LogP contribution is 2.27. The third-order valence-electron chi connectivity index (χ3n) is 2.57. The first-order chi connectivity index (χ1) is 9.50. The Kier molecular flexibility index (Phi) is 3.99. The highest BCUT2D eigenvalue weighted by molar-refractivity contribution is 7.98. The Bertz CT molecular complexity index is 670. The molecule has 1 N–H and O–H groups in total. The summed E-state index contributed by atoms with van der Waals surface area (Å²) in [5.74, 6) is -1.05. The number of aromatic carboxylic acids is 1. The molecule has 0 radical (unpaired) electrons. The van der Waals surface area contributed by atoms with E-state index in [9.17, 15) is 14.9 Å². The van der Waals surface area contributed by atoms with Gasteiger partial charge in [0.05, 0.1) is 4.92 Å². The second-order valence-electron chi connectivity index (χ2n) is 3.89. The van der Waals surface area contributed by atoms with Gasteiger partial charge in [-0.3, -0.25) is 10.1 Å². The third-order valence-corrected chi connectivity index (χ3v) is 3.65. The molecule has 0 bridgehead atoms. The first kappa shape index (κ1) is 14.0. The Hall–Kier alpha value is -2.42. The zero-order valence-corrected chi connectivity index (χ0v) is 11.2. The molecule has 0 fully saturated rings. The normalized spacial score (nSPS) is 10.4. The summed E-state index contributed by atoms with van der Waals surface area (Å²) in [6.07, 6.45) is 1.52. The maximum Gasteiger partial charge on any atom is 0.343 e. The number of carboxylic acid groups (broad SMARTS) is 1. The van der Waals surface area contributed by atoms with E-state index in [0.29, 0.717) is 10.7 Å². The number of hydrogen-bond donors (Lipinski definition) is 1. The van der Waals surface area contributed by atoms with Crippen LogP contribution in [0, 0.1) is 10.1 Å². The number of hydrogen-bond acceptors (Lipinski definition) is 6. The second-order valence-corrected chi connectivity index (χ2v) is 4.83. The van der Waals surface area contributed by atoms with Crippen molar-refractivity contribution in [3.63, 3.8) is 0 Å². The Morgan fingerprint density at radius 3 is 2.85 bits per heavy atom. The molecule has 0 spiro atoms. The van der Waals surface area contributed by atoms with Crippen molar-refractivity contribution in [2.45, 2.75) is 10.9 Å². The summed E-state index contributed by atoms with van der Waals surface area (Å²) in [4.78, 5) is 21.4. The molecule has 0 aliphatic rings. The molecular formula is C11H10N4O4S. The predicted octanol–water partition coefficient (Wildman–Crippen LogP) is 1.71. The van der Waals surface area contributed by atoms with E-state index in [-0.39, 0.29) is 11.3 Å². The van der Waals surface area contributed by atoms with Gasteiger partial charge in [0.15, 0.2) is 5.16 Å². The van der Waals surface area contributed by atoms with Gasteiger partial charge in [-0.15, -0.1) is 10.2 Å². The number of nitro benzene ring substituents is 1. The maximum absolute atomic E-state index is 11.2. The lowest BCUT2D eigenvalue weighted by Gasteiger charge is -2.06. The van der Waals surface area contributed by atoms with Gasteiger partial charge in [-0.05, 0) is 5.56 Å². The van der Waals surface area contributed by atoms with Crippen LogP contribution in [-0.4, -0.2) is 30.8 Å². The molecule has 1 heterocycles.